The van der Waals surface area contributed by atoms with Crippen LogP contribution in [-0.2, 0) is 21.8 Å². The number of nitrogens with zero attached hydrogens (tertiary/aromatic N) is 3. The van der Waals surface area contributed by atoms with Crippen LogP contribution in [0.15, 0.2) is 6.33 Å². The molecule has 1 aromatic heterocycles. The number of thioether (sulfide) groups is 1. The third-order valence-electron chi connectivity index (χ3n) is 2.30. The fourth-order valence-corrected chi connectivity index (χ4v) is 2.28. The highest BCUT2D eigenvalue weighted by atomic mass is 32.2. The minimum absolute atomic E-state index is 0.359. The Balaban J connectivity index is 2.22. The molecule has 0 saturated carbocycles. The SMILES string of the molecule is CCn1ncnc1CSCCC(N)C(=O)OC. The Kier molecular flexibility index (Phi) is 5.99. The minimum Gasteiger partial charge on any atom is -0.468 e. The summed E-state index contributed by atoms with van der Waals surface area (Å²) in [6, 6.07) is -0.531. The molecule has 0 radical (unpaired) electrons. The summed E-state index contributed by atoms with van der Waals surface area (Å²) in [7, 11) is 1.35. The molecule has 6 nitrogen and oxygen atoms in total. The number of carbonyl (C=O) groups excluding carboxylic acids is 1. The van der Waals surface area contributed by atoms with E-state index in [1.54, 1.807) is 18.1 Å². The Labute approximate surface area is 105 Å². The Morgan fingerprint density at radius 2 is 2.47 bits per heavy atom. The van der Waals surface area contributed by atoms with Crippen molar-refractivity contribution in [2.45, 2.75) is 31.7 Å². The average Bonchev–Trinajstić information content (AvgIpc) is 2.80. The van der Waals surface area contributed by atoms with Crippen LogP contribution in [0.1, 0.15) is 19.2 Å². The second kappa shape index (κ2) is 7.29. The van der Waals surface area contributed by atoms with E-state index in [0.29, 0.717) is 6.42 Å². The molecule has 0 aliphatic heterocycles. The first kappa shape index (κ1) is 14.0. The maximum atomic E-state index is 11.1. The van der Waals surface area contributed by atoms with E-state index in [1.165, 1.54) is 7.11 Å². The van der Waals surface area contributed by atoms with Crippen LogP contribution in [0.4, 0.5) is 0 Å². The summed E-state index contributed by atoms with van der Waals surface area (Å²) < 4.78 is 6.41. The van der Waals surface area contributed by atoms with Gasteiger partial charge in [-0.15, -0.1) is 0 Å². The van der Waals surface area contributed by atoms with Crippen molar-refractivity contribution in [3.05, 3.63) is 12.2 Å². The molecule has 0 bridgehead atoms. The second-order valence-electron chi connectivity index (χ2n) is 3.46. The molecular formula is C10H18N4O2S. The van der Waals surface area contributed by atoms with E-state index in [0.717, 1.165) is 23.9 Å². The van der Waals surface area contributed by atoms with Gasteiger partial charge in [-0.2, -0.15) is 16.9 Å². The van der Waals surface area contributed by atoms with E-state index in [1.807, 2.05) is 11.6 Å². The molecule has 0 aliphatic carbocycles. The molecule has 96 valence electrons. The Bertz CT molecular complexity index is 356. The van der Waals surface area contributed by atoms with E-state index in [2.05, 4.69) is 14.8 Å². The summed E-state index contributed by atoms with van der Waals surface area (Å²) in [5.74, 6) is 2.17. The van der Waals surface area contributed by atoms with Crippen LogP contribution in [0, 0.1) is 0 Å². The number of methoxy groups -OCH3 is 1. The molecule has 1 aromatic rings. The number of nitrogens with two attached hydrogens (primary N) is 1. The normalized spacial score (nSPS) is 12.4. The molecule has 1 heterocycles. The number of aryl methyl sites for hydroxylation is 1. The zero-order valence-electron chi connectivity index (χ0n) is 10.1. The maximum Gasteiger partial charge on any atom is 0.322 e. The predicted octanol–water partition coefficient (Wildman–Crippen LogP) is 0.422. The summed E-state index contributed by atoms with van der Waals surface area (Å²) in [4.78, 5) is 15.2. The Morgan fingerprint density at radius 1 is 1.71 bits per heavy atom. The van der Waals surface area contributed by atoms with E-state index in [9.17, 15) is 4.79 Å². The Morgan fingerprint density at radius 3 is 3.12 bits per heavy atom. The van der Waals surface area contributed by atoms with Crippen LogP contribution < -0.4 is 5.73 Å². The third kappa shape index (κ3) is 4.35. The van der Waals surface area contributed by atoms with Crippen molar-refractivity contribution >= 4 is 17.7 Å². The zero-order valence-corrected chi connectivity index (χ0v) is 10.9. The molecule has 0 fully saturated rings. The first-order valence-electron chi connectivity index (χ1n) is 5.46. The van der Waals surface area contributed by atoms with Crippen molar-refractivity contribution in [2.75, 3.05) is 12.9 Å². The lowest BCUT2D eigenvalue weighted by atomic mass is 10.2. The topological polar surface area (TPSA) is 83.0 Å². The van der Waals surface area contributed by atoms with Gasteiger partial charge in [-0.25, -0.2) is 9.67 Å². The number of esters is 1. The van der Waals surface area contributed by atoms with Crippen molar-refractivity contribution in [3.8, 4) is 0 Å². The monoisotopic (exact) mass is 258 g/mol. The molecule has 1 unspecified atom stereocenters. The van der Waals surface area contributed by atoms with E-state index in [4.69, 9.17) is 5.73 Å². The average molecular weight is 258 g/mol. The van der Waals surface area contributed by atoms with Crippen LogP contribution in [0.2, 0.25) is 0 Å². The van der Waals surface area contributed by atoms with Gasteiger partial charge in [0.1, 0.15) is 18.2 Å². The third-order valence-corrected chi connectivity index (χ3v) is 3.29. The van der Waals surface area contributed by atoms with Gasteiger partial charge in [-0.05, 0) is 19.1 Å². The number of carbonyl (C=O) groups is 1. The van der Waals surface area contributed by atoms with Gasteiger partial charge in [0.15, 0.2) is 0 Å². The van der Waals surface area contributed by atoms with E-state index >= 15 is 0 Å². The van der Waals surface area contributed by atoms with Crippen molar-refractivity contribution in [1.29, 1.82) is 0 Å². The van der Waals surface area contributed by atoms with E-state index in [-0.39, 0.29) is 5.97 Å². The molecule has 17 heavy (non-hydrogen) atoms. The number of hydrogen-bond donors (Lipinski definition) is 1. The molecule has 1 rings (SSSR count). The standard InChI is InChI=1S/C10H18N4O2S/c1-3-14-9(12-7-13-14)6-17-5-4-8(11)10(15)16-2/h7-8H,3-6,11H2,1-2H3. The quantitative estimate of drug-likeness (QED) is 0.564. The van der Waals surface area contributed by atoms with Crippen LogP contribution in [0.25, 0.3) is 0 Å². The highest BCUT2D eigenvalue weighted by Gasteiger charge is 2.13. The summed E-state index contributed by atoms with van der Waals surface area (Å²) in [6.45, 7) is 2.84. The van der Waals surface area contributed by atoms with Crippen molar-refractivity contribution in [3.63, 3.8) is 0 Å². The van der Waals surface area contributed by atoms with Gasteiger partial charge >= 0.3 is 5.97 Å². The lowest BCUT2D eigenvalue weighted by Gasteiger charge is -2.08. The van der Waals surface area contributed by atoms with Crippen LogP contribution in [0.3, 0.4) is 0 Å². The minimum atomic E-state index is -0.531. The first-order valence-corrected chi connectivity index (χ1v) is 6.62. The fourth-order valence-electron chi connectivity index (χ4n) is 1.31. The zero-order chi connectivity index (χ0) is 12.7. The largest absolute Gasteiger partial charge is 0.468 e. The number of ether oxygens (including phenoxy) is 1. The lowest BCUT2D eigenvalue weighted by Crippen LogP contribution is -2.32. The van der Waals surface area contributed by atoms with Crippen molar-refractivity contribution < 1.29 is 9.53 Å². The molecule has 1 atom stereocenters. The van der Waals surface area contributed by atoms with Crippen molar-refractivity contribution in [2.24, 2.45) is 5.73 Å². The second-order valence-corrected chi connectivity index (χ2v) is 4.57. The number of rotatable bonds is 7. The van der Waals surface area contributed by atoms with E-state index < -0.39 is 6.04 Å². The molecular weight excluding hydrogens is 240 g/mol. The Hall–Kier alpha value is -1.08. The van der Waals surface area contributed by atoms with Crippen LogP contribution in [0.5, 0.6) is 0 Å². The molecule has 0 aromatic carbocycles. The van der Waals surface area contributed by atoms with Gasteiger partial charge < -0.3 is 10.5 Å². The fraction of sp³-hybridized carbons (Fsp3) is 0.700. The molecule has 2 N–H and O–H groups in total. The predicted molar refractivity (Wildman–Crippen MR) is 66.5 cm³/mol. The summed E-state index contributed by atoms with van der Waals surface area (Å²) in [5, 5.41) is 4.08. The van der Waals surface area contributed by atoms with Gasteiger partial charge in [0, 0.05) is 6.54 Å². The molecule has 0 amide bonds. The summed E-state index contributed by atoms with van der Waals surface area (Å²) >= 11 is 1.69. The summed E-state index contributed by atoms with van der Waals surface area (Å²) in [5.41, 5.74) is 5.62. The molecule has 0 saturated heterocycles. The molecule has 0 spiro atoms. The van der Waals surface area contributed by atoms with Crippen molar-refractivity contribution in [1.82, 2.24) is 14.8 Å². The number of aromatic nitrogens is 3. The van der Waals surface area contributed by atoms with Gasteiger partial charge in [0.2, 0.25) is 0 Å². The van der Waals surface area contributed by atoms with Gasteiger partial charge in [-0.1, -0.05) is 0 Å². The van der Waals surface area contributed by atoms with Gasteiger partial charge in [0.25, 0.3) is 0 Å². The molecule has 0 aliphatic rings. The summed E-state index contributed by atoms with van der Waals surface area (Å²) in [6.07, 6.45) is 2.16. The van der Waals surface area contributed by atoms with Gasteiger partial charge in [0.05, 0.1) is 12.9 Å². The molecule has 7 heteroatoms. The smallest absolute Gasteiger partial charge is 0.322 e. The van der Waals surface area contributed by atoms with Crippen LogP contribution >= 0.6 is 11.8 Å². The highest BCUT2D eigenvalue weighted by molar-refractivity contribution is 7.98. The highest BCUT2D eigenvalue weighted by Crippen LogP contribution is 2.11. The van der Waals surface area contributed by atoms with Crippen LogP contribution in [-0.4, -0.2) is 39.6 Å². The van der Waals surface area contributed by atoms with Gasteiger partial charge in [-0.3, -0.25) is 4.79 Å². The first-order chi connectivity index (χ1) is 8.19. The lowest BCUT2D eigenvalue weighted by molar-refractivity contribution is -0.142. The maximum absolute atomic E-state index is 11.1. The number of hydrogen-bond acceptors (Lipinski definition) is 6.